The number of aromatic nitrogens is 2. The zero-order valence-corrected chi connectivity index (χ0v) is 8.74. The van der Waals surface area contributed by atoms with Crippen molar-refractivity contribution < 1.29 is 4.74 Å². The first kappa shape index (κ1) is 10.5. The van der Waals surface area contributed by atoms with Crippen LogP contribution in [0.5, 0.6) is 5.88 Å². The quantitative estimate of drug-likeness (QED) is 0.787. The Labute approximate surface area is 83.8 Å². The average Bonchev–Trinajstić information content (AvgIpc) is 2.16. The molecule has 1 aromatic rings. The van der Waals surface area contributed by atoms with Crippen molar-refractivity contribution in [3.8, 4) is 5.88 Å². The van der Waals surface area contributed by atoms with E-state index in [1.165, 1.54) is 0 Å². The Bertz CT molecular complexity index is 343. The molecule has 0 aromatic carbocycles. The lowest BCUT2D eigenvalue weighted by Crippen LogP contribution is -1.99. The first-order valence-corrected chi connectivity index (χ1v) is 4.51. The maximum absolute atomic E-state index is 5.55. The molecule has 0 saturated heterocycles. The van der Waals surface area contributed by atoms with Crippen molar-refractivity contribution in [1.29, 1.82) is 0 Å². The molecule has 0 atom stereocenters. The van der Waals surface area contributed by atoms with E-state index in [0.717, 1.165) is 17.7 Å². The predicted molar refractivity (Wildman–Crippen MR) is 55.8 cm³/mol. The molecule has 1 rings (SSSR count). The van der Waals surface area contributed by atoms with Crippen molar-refractivity contribution in [2.45, 2.75) is 20.3 Å². The Balaban J connectivity index is 3.07. The first-order chi connectivity index (χ1) is 6.67. The molecule has 0 bridgehead atoms. The highest BCUT2D eigenvalue weighted by Gasteiger charge is 2.03. The van der Waals surface area contributed by atoms with Crippen LogP contribution in [0.25, 0.3) is 6.08 Å². The van der Waals surface area contributed by atoms with Crippen molar-refractivity contribution in [2.24, 2.45) is 5.73 Å². The number of methoxy groups -OCH3 is 1. The van der Waals surface area contributed by atoms with Crippen LogP contribution in [0.15, 0.2) is 11.8 Å². The molecule has 1 heterocycles. The summed E-state index contributed by atoms with van der Waals surface area (Å²) in [6, 6.07) is 1.93. The molecule has 2 N–H and O–H groups in total. The van der Waals surface area contributed by atoms with Crippen LogP contribution < -0.4 is 10.5 Å². The van der Waals surface area contributed by atoms with Gasteiger partial charge in [0.05, 0.1) is 12.8 Å². The molecule has 0 saturated carbocycles. The summed E-state index contributed by atoms with van der Waals surface area (Å²) in [6.07, 6.45) is 2.65. The smallest absolute Gasteiger partial charge is 0.236 e. The number of hydrogen-bond acceptors (Lipinski definition) is 4. The lowest BCUT2D eigenvalue weighted by Gasteiger charge is -2.04. The number of aryl methyl sites for hydroxylation is 1. The lowest BCUT2D eigenvalue weighted by molar-refractivity contribution is 0.386. The molecule has 0 aliphatic rings. The highest BCUT2D eigenvalue weighted by Crippen LogP contribution is 2.15. The lowest BCUT2D eigenvalue weighted by atomic mass is 10.2. The highest BCUT2D eigenvalue weighted by atomic mass is 16.5. The van der Waals surface area contributed by atoms with Gasteiger partial charge in [0.2, 0.25) is 5.88 Å². The van der Waals surface area contributed by atoms with Crippen LogP contribution >= 0.6 is 0 Å². The summed E-state index contributed by atoms with van der Waals surface area (Å²) in [7, 11) is 1.59. The van der Waals surface area contributed by atoms with Crippen LogP contribution in [-0.2, 0) is 6.42 Å². The highest BCUT2D eigenvalue weighted by molar-refractivity contribution is 5.48. The van der Waals surface area contributed by atoms with Crippen LogP contribution in [-0.4, -0.2) is 17.3 Å². The molecule has 0 amide bonds. The molecule has 0 radical (unpaired) electrons. The molecule has 4 heteroatoms. The second-order valence-corrected chi connectivity index (χ2v) is 3.05. The summed E-state index contributed by atoms with van der Waals surface area (Å²) in [6.45, 7) is 3.86. The van der Waals surface area contributed by atoms with Crippen molar-refractivity contribution >= 4 is 6.08 Å². The molecule has 76 valence electrons. The monoisotopic (exact) mass is 193 g/mol. The fourth-order valence-electron chi connectivity index (χ4n) is 1.17. The number of nitrogens with zero attached hydrogens (tertiary/aromatic N) is 2. The Morgan fingerprint density at radius 1 is 1.57 bits per heavy atom. The molecule has 0 fully saturated rings. The normalized spacial score (nSPS) is 11.5. The minimum atomic E-state index is 0.583. The fourth-order valence-corrected chi connectivity index (χ4v) is 1.17. The van der Waals surface area contributed by atoms with Gasteiger partial charge in [0.15, 0.2) is 0 Å². The molecule has 1 aromatic heterocycles. The van der Waals surface area contributed by atoms with E-state index in [4.69, 9.17) is 10.5 Å². The van der Waals surface area contributed by atoms with Gasteiger partial charge in [-0.2, -0.15) is 0 Å². The predicted octanol–water partition coefficient (Wildman–Crippen LogP) is 1.37. The van der Waals surface area contributed by atoms with E-state index in [1.807, 2.05) is 19.9 Å². The summed E-state index contributed by atoms with van der Waals surface area (Å²) in [5, 5.41) is 7.92. The third kappa shape index (κ3) is 2.45. The SMILES string of the molecule is CCc1cc(/C=C(/C)N)nnc1OC. The molecule has 4 nitrogen and oxygen atoms in total. The largest absolute Gasteiger partial charge is 0.480 e. The Hall–Kier alpha value is -1.58. The van der Waals surface area contributed by atoms with Crippen LogP contribution in [0, 0.1) is 0 Å². The second kappa shape index (κ2) is 4.60. The van der Waals surface area contributed by atoms with Crippen molar-refractivity contribution in [3.63, 3.8) is 0 Å². The molecular weight excluding hydrogens is 178 g/mol. The standard InChI is InChI=1S/C10H15N3O/c1-4-8-6-9(5-7(2)11)12-13-10(8)14-3/h5-6H,4,11H2,1-3H3/b7-5-. The van der Waals surface area contributed by atoms with Crippen molar-refractivity contribution in [2.75, 3.05) is 7.11 Å². The van der Waals surface area contributed by atoms with Crippen LogP contribution in [0.1, 0.15) is 25.1 Å². The van der Waals surface area contributed by atoms with Crippen molar-refractivity contribution in [1.82, 2.24) is 10.2 Å². The number of rotatable bonds is 3. The minimum absolute atomic E-state index is 0.583. The topological polar surface area (TPSA) is 61.0 Å². The average molecular weight is 193 g/mol. The van der Waals surface area contributed by atoms with Gasteiger partial charge >= 0.3 is 0 Å². The summed E-state index contributed by atoms with van der Waals surface area (Å²) in [5.41, 5.74) is 8.07. The van der Waals surface area contributed by atoms with Crippen molar-refractivity contribution in [3.05, 3.63) is 23.0 Å². The summed E-state index contributed by atoms with van der Waals surface area (Å²) in [4.78, 5) is 0. The van der Waals surface area contributed by atoms with Gasteiger partial charge in [-0.1, -0.05) is 6.92 Å². The molecule has 0 unspecified atom stereocenters. The van der Waals surface area contributed by atoms with Gasteiger partial charge in [-0.15, -0.1) is 10.2 Å². The third-order valence-electron chi connectivity index (χ3n) is 1.80. The van der Waals surface area contributed by atoms with Gasteiger partial charge in [0.1, 0.15) is 0 Å². The van der Waals surface area contributed by atoms with E-state index >= 15 is 0 Å². The fraction of sp³-hybridized carbons (Fsp3) is 0.400. The Morgan fingerprint density at radius 3 is 2.79 bits per heavy atom. The number of ether oxygens (including phenoxy) is 1. The maximum atomic E-state index is 5.55. The number of allylic oxidation sites excluding steroid dienone is 1. The number of hydrogen-bond donors (Lipinski definition) is 1. The summed E-state index contributed by atoms with van der Waals surface area (Å²) >= 11 is 0. The second-order valence-electron chi connectivity index (χ2n) is 3.05. The zero-order chi connectivity index (χ0) is 10.6. The molecule has 0 spiro atoms. The van der Waals surface area contributed by atoms with E-state index < -0.39 is 0 Å². The number of nitrogens with two attached hydrogens (primary N) is 1. The molecular formula is C10H15N3O. The van der Waals surface area contributed by atoms with Crippen LogP contribution in [0.4, 0.5) is 0 Å². The Kier molecular flexibility index (Phi) is 3.45. The van der Waals surface area contributed by atoms with E-state index in [0.29, 0.717) is 11.6 Å². The van der Waals surface area contributed by atoms with Crippen LogP contribution in [0.2, 0.25) is 0 Å². The first-order valence-electron chi connectivity index (χ1n) is 4.51. The van der Waals surface area contributed by atoms with Gasteiger partial charge < -0.3 is 10.5 Å². The molecule has 0 aliphatic carbocycles. The van der Waals surface area contributed by atoms with E-state index in [1.54, 1.807) is 13.2 Å². The summed E-state index contributed by atoms with van der Waals surface area (Å²) < 4.78 is 5.07. The van der Waals surface area contributed by atoms with E-state index in [2.05, 4.69) is 10.2 Å². The molecule has 14 heavy (non-hydrogen) atoms. The maximum Gasteiger partial charge on any atom is 0.236 e. The third-order valence-corrected chi connectivity index (χ3v) is 1.80. The summed E-state index contributed by atoms with van der Waals surface area (Å²) in [5.74, 6) is 0.583. The minimum Gasteiger partial charge on any atom is -0.480 e. The van der Waals surface area contributed by atoms with Gasteiger partial charge in [-0.3, -0.25) is 0 Å². The van der Waals surface area contributed by atoms with E-state index in [-0.39, 0.29) is 0 Å². The van der Waals surface area contributed by atoms with Gasteiger partial charge in [-0.25, -0.2) is 0 Å². The molecule has 0 aliphatic heterocycles. The van der Waals surface area contributed by atoms with E-state index in [9.17, 15) is 0 Å². The Morgan fingerprint density at radius 2 is 2.29 bits per heavy atom. The zero-order valence-electron chi connectivity index (χ0n) is 8.74. The van der Waals surface area contributed by atoms with Gasteiger partial charge in [0, 0.05) is 11.3 Å². The van der Waals surface area contributed by atoms with Crippen LogP contribution in [0.3, 0.4) is 0 Å². The van der Waals surface area contributed by atoms with Gasteiger partial charge in [0.25, 0.3) is 0 Å². The van der Waals surface area contributed by atoms with Gasteiger partial charge in [-0.05, 0) is 25.5 Å².